The lowest BCUT2D eigenvalue weighted by Crippen LogP contribution is -2.38. The maximum Gasteiger partial charge on any atom is 0.254 e. The van der Waals surface area contributed by atoms with Crippen LogP contribution in [0, 0.1) is 6.92 Å². The minimum atomic E-state index is 0.107. The van der Waals surface area contributed by atoms with Gasteiger partial charge in [-0.1, -0.05) is 13.0 Å². The molecule has 1 fully saturated rings. The minimum absolute atomic E-state index is 0.107. The van der Waals surface area contributed by atoms with Gasteiger partial charge in [-0.25, -0.2) is 0 Å². The van der Waals surface area contributed by atoms with Crippen molar-refractivity contribution in [2.24, 2.45) is 7.05 Å². The molecule has 6 nitrogen and oxygen atoms in total. The number of piperidine rings is 1. The van der Waals surface area contributed by atoms with Crippen LogP contribution in [0.1, 0.15) is 53.1 Å². The van der Waals surface area contributed by atoms with Crippen LogP contribution in [-0.4, -0.2) is 43.6 Å². The number of carbonyl (C=O) groups excluding carboxylic acids is 1. The number of hydrogen-bond donors (Lipinski definition) is 0. The Kier molecular flexibility index (Phi) is 4.64. The lowest BCUT2D eigenvalue weighted by atomic mass is 9.95. The van der Waals surface area contributed by atoms with E-state index in [4.69, 9.17) is 0 Å². The number of amides is 1. The Morgan fingerprint density at radius 2 is 2.00 bits per heavy atom. The average Bonchev–Trinajstić information content (AvgIpc) is 3.12. The molecule has 0 bridgehead atoms. The molecule has 27 heavy (non-hydrogen) atoms. The van der Waals surface area contributed by atoms with Gasteiger partial charge in [-0.05, 0) is 49.9 Å². The fraction of sp³-hybridized carbons (Fsp3) is 0.429. The summed E-state index contributed by atoms with van der Waals surface area (Å²) in [6.45, 7) is 5.56. The summed E-state index contributed by atoms with van der Waals surface area (Å²) in [4.78, 5) is 19.9. The highest BCUT2D eigenvalue weighted by Gasteiger charge is 2.28. The fourth-order valence-electron chi connectivity index (χ4n) is 3.98. The van der Waals surface area contributed by atoms with Crippen LogP contribution in [0.25, 0.3) is 10.9 Å². The second-order valence-corrected chi connectivity index (χ2v) is 7.38. The Labute approximate surface area is 159 Å². The molecule has 0 spiro atoms. The molecule has 0 unspecified atom stereocenters. The first-order valence-electron chi connectivity index (χ1n) is 9.60. The summed E-state index contributed by atoms with van der Waals surface area (Å²) in [5, 5.41) is 9.18. The molecule has 140 valence electrons. The first-order chi connectivity index (χ1) is 13.1. The summed E-state index contributed by atoms with van der Waals surface area (Å²) >= 11 is 0. The number of fused-ring (bicyclic) bond motifs is 1. The lowest BCUT2D eigenvalue weighted by Gasteiger charge is -2.31. The maximum atomic E-state index is 13.3. The van der Waals surface area contributed by atoms with E-state index >= 15 is 0 Å². The molecule has 3 aromatic rings. The van der Waals surface area contributed by atoms with Crippen molar-refractivity contribution in [3.05, 3.63) is 53.2 Å². The van der Waals surface area contributed by atoms with Crippen molar-refractivity contribution in [3.63, 3.8) is 0 Å². The second kappa shape index (κ2) is 7.10. The van der Waals surface area contributed by atoms with E-state index in [1.165, 1.54) is 5.56 Å². The Morgan fingerprint density at radius 3 is 2.67 bits per heavy atom. The molecule has 6 heteroatoms. The topological polar surface area (TPSA) is 63.9 Å². The van der Waals surface area contributed by atoms with E-state index in [2.05, 4.69) is 34.2 Å². The quantitative estimate of drug-likeness (QED) is 0.716. The van der Waals surface area contributed by atoms with Crippen LogP contribution >= 0.6 is 0 Å². The van der Waals surface area contributed by atoms with Crippen LogP contribution in [-0.2, 0) is 13.5 Å². The van der Waals surface area contributed by atoms with E-state index in [1.807, 2.05) is 35.6 Å². The zero-order chi connectivity index (χ0) is 19.0. The predicted octanol–water partition coefficient (Wildman–Crippen LogP) is 3.25. The van der Waals surface area contributed by atoms with Gasteiger partial charge in [-0.3, -0.25) is 9.78 Å². The van der Waals surface area contributed by atoms with Crippen LogP contribution in [0.5, 0.6) is 0 Å². The molecule has 0 aliphatic carbocycles. The van der Waals surface area contributed by atoms with Gasteiger partial charge < -0.3 is 9.47 Å². The van der Waals surface area contributed by atoms with E-state index in [-0.39, 0.29) is 5.91 Å². The zero-order valence-corrected chi connectivity index (χ0v) is 16.1. The van der Waals surface area contributed by atoms with Gasteiger partial charge in [-0.15, -0.1) is 10.2 Å². The highest BCUT2D eigenvalue weighted by atomic mass is 16.2. The van der Waals surface area contributed by atoms with Crippen molar-refractivity contribution in [1.29, 1.82) is 0 Å². The van der Waals surface area contributed by atoms with E-state index in [9.17, 15) is 4.79 Å². The summed E-state index contributed by atoms with van der Waals surface area (Å²) in [6.07, 6.45) is 4.52. The van der Waals surface area contributed by atoms with Crippen LogP contribution in [0.15, 0.2) is 30.6 Å². The molecule has 0 saturated carbocycles. The molecule has 0 atom stereocenters. The predicted molar refractivity (Wildman–Crippen MR) is 105 cm³/mol. The van der Waals surface area contributed by atoms with Gasteiger partial charge >= 0.3 is 0 Å². The van der Waals surface area contributed by atoms with Crippen LogP contribution < -0.4 is 0 Å². The van der Waals surface area contributed by atoms with Crippen molar-refractivity contribution in [1.82, 2.24) is 24.6 Å². The molecule has 0 N–H and O–H groups in total. The van der Waals surface area contributed by atoms with Gasteiger partial charge in [0.2, 0.25) is 0 Å². The Bertz CT molecular complexity index is 985. The minimum Gasteiger partial charge on any atom is -0.339 e. The number of hydrogen-bond acceptors (Lipinski definition) is 4. The summed E-state index contributed by atoms with van der Waals surface area (Å²) in [5.41, 5.74) is 3.77. The highest BCUT2D eigenvalue weighted by Crippen LogP contribution is 2.28. The van der Waals surface area contributed by atoms with Gasteiger partial charge in [0.25, 0.3) is 5.91 Å². The first-order valence-corrected chi connectivity index (χ1v) is 9.60. The van der Waals surface area contributed by atoms with Crippen LogP contribution in [0.4, 0.5) is 0 Å². The van der Waals surface area contributed by atoms with Crippen molar-refractivity contribution in [2.75, 3.05) is 13.1 Å². The normalized spacial score (nSPS) is 15.4. The van der Waals surface area contributed by atoms with Crippen molar-refractivity contribution < 1.29 is 4.79 Å². The smallest absolute Gasteiger partial charge is 0.254 e. The number of benzene rings is 1. The third-order valence-electron chi connectivity index (χ3n) is 5.53. The standard InChI is InChI=1S/C21H25N5O/c1-4-15-5-6-19-17(12-15)18(11-14(2)23-19)21(27)26-9-7-16(8-10-26)20-24-22-13-25(20)3/h5-6,11-13,16H,4,7-10H2,1-3H3. The van der Waals surface area contributed by atoms with E-state index in [0.717, 1.165) is 60.3 Å². The molecule has 4 rings (SSSR count). The molecule has 2 aromatic heterocycles. The summed E-state index contributed by atoms with van der Waals surface area (Å²) in [7, 11) is 1.98. The van der Waals surface area contributed by atoms with Gasteiger partial charge in [0.15, 0.2) is 0 Å². The second-order valence-electron chi connectivity index (χ2n) is 7.38. The fourth-order valence-corrected chi connectivity index (χ4v) is 3.98. The Morgan fingerprint density at radius 1 is 1.22 bits per heavy atom. The molecule has 1 amide bonds. The Hall–Kier alpha value is -2.76. The van der Waals surface area contributed by atoms with Crippen molar-refractivity contribution in [3.8, 4) is 0 Å². The van der Waals surface area contributed by atoms with Crippen LogP contribution in [0.3, 0.4) is 0 Å². The average molecular weight is 363 g/mol. The number of carbonyl (C=O) groups is 1. The molecule has 0 radical (unpaired) electrons. The number of rotatable bonds is 3. The molecule has 1 saturated heterocycles. The molecule has 1 aromatic carbocycles. The summed E-state index contributed by atoms with van der Waals surface area (Å²) in [5.74, 6) is 1.49. The number of aromatic nitrogens is 4. The Balaban J connectivity index is 1.59. The number of pyridine rings is 1. The number of likely N-dealkylation sites (tertiary alicyclic amines) is 1. The van der Waals surface area contributed by atoms with Crippen LogP contribution in [0.2, 0.25) is 0 Å². The monoisotopic (exact) mass is 363 g/mol. The molecular weight excluding hydrogens is 338 g/mol. The SMILES string of the molecule is CCc1ccc2nc(C)cc(C(=O)N3CCC(c4nncn4C)CC3)c2c1. The van der Waals surface area contributed by atoms with Gasteiger partial charge in [0.05, 0.1) is 11.1 Å². The van der Waals surface area contributed by atoms with E-state index < -0.39 is 0 Å². The van der Waals surface area contributed by atoms with E-state index in [1.54, 1.807) is 6.33 Å². The zero-order valence-electron chi connectivity index (χ0n) is 16.1. The summed E-state index contributed by atoms with van der Waals surface area (Å²) < 4.78 is 1.98. The maximum absolute atomic E-state index is 13.3. The molecule has 3 heterocycles. The molecule has 1 aliphatic rings. The summed E-state index contributed by atoms with van der Waals surface area (Å²) in [6, 6.07) is 8.16. The molecule has 1 aliphatic heterocycles. The lowest BCUT2D eigenvalue weighted by molar-refractivity contribution is 0.0712. The molecular formula is C21H25N5O. The first kappa shape index (κ1) is 17.6. The number of nitrogens with zero attached hydrogens (tertiary/aromatic N) is 5. The van der Waals surface area contributed by atoms with E-state index in [0.29, 0.717) is 5.92 Å². The van der Waals surface area contributed by atoms with Gasteiger partial charge in [-0.2, -0.15) is 0 Å². The highest BCUT2D eigenvalue weighted by molar-refractivity contribution is 6.06. The largest absolute Gasteiger partial charge is 0.339 e. The van der Waals surface area contributed by atoms with Crippen molar-refractivity contribution in [2.45, 2.75) is 39.0 Å². The third-order valence-corrected chi connectivity index (χ3v) is 5.53. The van der Waals surface area contributed by atoms with Gasteiger partial charge in [0, 0.05) is 37.1 Å². The van der Waals surface area contributed by atoms with Gasteiger partial charge in [0.1, 0.15) is 12.2 Å². The third kappa shape index (κ3) is 3.31. The van der Waals surface area contributed by atoms with Crippen molar-refractivity contribution >= 4 is 16.8 Å². The number of aryl methyl sites for hydroxylation is 3.